The fraction of sp³-hybridized carbons (Fsp3) is 0.375. The van der Waals surface area contributed by atoms with Crippen molar-refractivity contribution in [2.75, 3.05) is 0 Å². The molecule has 0 aliphatic rings. The smallest absolute Gasteiger partial charge is 0.181 e. The number of carbonyl (C=O) groups excluding carboxylic acids is 1. The van der Waals surface area contributed by atoms with Crippen molar-refractivity contribution in [3.63, 3.8) is 0 Å². The van der Waals surface area contributed by atoms with Crippen LogP contribution >= 0.6 is 0 Å². The first-order chi connectivity index (χ1) is 9.20. The highest BCUT2D eigenvalue weighted by Crippen LogP contribution is 2.10. The standard InChI is InChI=1S/C16H20N2O/c1-3-12-18-15(10-11-17-18)16(19)9-8-14-6-4-13(2)5-7-14/h4-7,10-11H,3,8-9,12H2,1-2H3. The van der Waals surface area contributed by atoms with Gasteiger partial charge in [-0.2, -0.15) is 5.10 Å². The summed E-state index contributed by atoms with van der Waals surface area (Å²) in [7, 11) is 0. The molecule has 2 aromatic rings. The van der Waals surface area contributed by atoms with E-state index >= 15 is 0 Å². The number of rotatable bonds is 6. The third-order valence-electron chi connectivity index (χ3n) is 3.20. The maximum Gasteiger partial charge on any atom is 0.181 e. The van der Waals surface area contributed by atoms with Crippen LogP contribution in [0.25, 0.3) is 0 Å². The normalized spacial score (nSPS) is 10.6. The lowest BCUT2D eigenvalue weighted by atomic mass is 10.0. The van der Waals surface area contributed by atoms with Crippen LogP contribution in [0.15, 0.2) is 36.5 Å². The molecule has 3 heteroatoms. The van der Waals surface area contributed by atoms with Crippen LogP contribution in [0.2, 0.25) is 0 Å². The molecule has 0 fully saturated rings. The minimum Gasteiger partial charge on any atom is -0.292 e. The first-order valence-electron chi connectivity index (χ1n) is 6.81. The minimum absolute atomic E-state index is 0.173. The van der Waals surface area contributed by atoms with Crippen molar-refractivity contribution in [2.45, 2.75) is 39.7 Å². The second-order valence-corrected chi connectivity index (χ2v) is 4.85. The largest absolute Gasteiger partial charge is 0.292 e. The Morgan fingerprint density at radius 3 is 2.63 bits per heavy atom. The molecule has 0 saturated heterocycles. The van der Waals surface area contributed by atoms with E-state index in [1.165, 1.54) is 11.1 Å². The molecule has 19 heavy (non-hydrogen) atoms. The molecule has 0 spiro atoms. The number of aryl methyl sites for hydroxylation is 3. The second-order valence-electron chi connectivity index (χ2n) is 4.85. The molecule has 100 valence electrons. The highest BCUT2D eigenvalue weighted by atomic mass is 16.1. The summed E-state index contributed by atoms with van der Waals surface area (Å²) >= 11 is 0. The summed E-state index contributed by atoms with van der Waals surface area (Å²) in [5.41, 5.74) is 3.19. The highest BCUT2D eigenvalue weighted by Gasteiger charge is 2.11. The number of ketones is 1. The van der Waals surface area contributed by atoms with Crippen LogP contribution in [-0.2, 0) is 13.0 Å². The summed E-state index contributed by atoms with van der Waals surface area (Å²) in [6.07, 6.45) is 4.02. The predicted molar refractivity (Wildman–Crippen MR) is 76.3 cm³/mol. The quantitative estimate of drug-likeness (QED) is 0.742. The van der Waals surface area contributed by atoms with Crippen molar-refractivity contribution in [3.05, 3.63) is 53.3 Å². The van der Waals surface area contributed by atoms with E-state index in [-0.39, 0.29) is 5.78 Å². The van der Waals surface area contributed by atoms with E-state index in [1.807, 2.05) is 6.07 Å². The van der Waals surface area contributed by atoms with E-state index in [2.05, 4.69) is 43.2 Å². The Labute approximate surface area is 114 Å². The first kappa shape index (κ1) is 13.5. The number of carbonyl (C=O) groups is 1. The lowest BCUT2D eigenvalue weighted by molar-refractivity contribution is 0.0972. The van der Waals surface area contributed by atoms with Gasteiger partial charge in [-0.15, -0.1) is 0 Å². The summed E-state index contributed by atoms with van der Waals surface area (Å²) in [4.78, 5) is 12.2. The number of nitrogens with zero attached hydrogens (tertiary/aromatic N) is 2. The highest BCUT2D eigenvalue weighted by molar-refractivity contribution is 5.94. The van der Waals surface area contributed by atoms with Crippen molar-refractivity contribution >= 4 is 5.78 Å². The van der Waals surface area contributed by atoms with Gasteiger partial charge in [0, 0.05) is 19.2 Å². The fourth-order valence-corrected chi connectivity index (χ4v) is 2.10. The van der Waals surface area contributed by atoms with Crippen LogP contribution < -0.4 is 0 Å². The Balaban J connectivity index is 1.97. The molecule has 0 saturated carbocycles. The van der Waals surface area contributed by atoms with Crippen LogP contribution in [0.5, 0.6) is 0 Å². The minimum atomic E-state index is 0.173. The van der Waals surface area contributed by atoms with Gasteiger partial charge in [0.05, 0.1) is 0 Å². The molecule has 3 nitrogen and oxygen atoms in total. The molecule has 0 radical (unpaired) electrons. The van der Waals surface area contributed by atoms with E-state index in [0.717, 1.165) is 25.1 Å². The third-order valence-corrected chi connectivity index (χ3v) is 3.20. The Morgan fingerprint density at radius 1 is 1.21 bits per heavy atom. The van der Waals surface area contributed by atoms with Gasteiger partial charge in [0.2, 0.25) is 0 Å². The number of hydrogen-bond acceptors (Lipinski definition) is 2. The van der Waals surface area contributed by atoms with Crippen molar-refractivity contribution in [2.24, 2.45) is 0 Å². The molecule has 0 bridgehead atoms. The predicted octanol–water partition coefficient (Wildman–Crippen LogP) is 3.42. The van der Waals surface area contributed by atoms with E-state index in [4.69, 9.17) is 0 Å². The van der Waals surface area contributed by atoms with Crippen LogP contribution in [0.3, 0.4) is 0 Å². The van der Waals surface area contributed by atoms with E-state index < -0.39 is 0 Å². The molecule has 1 aromatic heterocycles. The second kappa shape index (κ2) is 6.32. The maximum absolute atomic E-state index is 12.2. The Hall–Kier alpha value is -1.90. The SMILES string of the molecule is CCCn1nccc1C(=O)CCc1ccc(C)cc1. The van der Waals surface area contributed by atoms with E-state index in [9.17, 15) is 4.79 Å². The van der Waals surface area contributed by atoms with Gasteiger partial charge in [0.25, 0.3) is 0 Å². The van der Waals surface area contributed by atoms with Crippen molar-refractivity contribution in [1.29, 1.82) is 0 Å². The van der Waals surface area contributed by atoms with Gasteiger partial charge < -0.3 is 0 Å². The summed E-state index contributed by atoms with van der Waals surface area (Å²) in [5, 5.41) is 4.19. The molecule has 0 unspecified atom stereocenters. The van der Waals surface area contributed by atoms with Crippen molar-refractivity contribution in [1.82, 2.24) is 9.78 Å². The van der Waals surface area contributed by atoms with Crippen LogP contribution in [0.1, 0.15) is 41.4 Å². The molecular formula is C16H20N2O. The van der Waals surface area contributed by atoms with Crippen LogP contribution in [0.4, 0.5) is 0 Å². The van der Waals surface area contributed by atoms with Crippen LogP contribution in [0, 0.1) is 6.92 Å². The monoisotopic (exact) mass is 256 g/mol. The van der Waals surface area contributed by atoms with Gasteiger partial charge in [0.1, 0.15) is 5.69 Å². The summed E-state index contributed by atoms with van der Waals surface area (Å²) in [6, 6.07) is 10.2. The zero-order chi connectivity index (χ0) is 13.7. The van der Waals surface area contributed by atoms with Crippen molar-refractivity contribution in [3.8, 4) is 0 Å². The fourth-order valence-electron chi connectivity index (χ4n) is 2.10. The lowest BCUT2D eigenvalue weighted by Crippen LogP contribution is -2.11. The molecule has 0 atom stereocenters. The number of aromatic nitrogens is 2. The summed E-state index contributed by atoms with van der Waals surface area (Å²) < 4.78 is 1.80. The Bertz CT molecular complexity index is 540. The van der Waals surface area contributed by atoms with Gasteiger partial charge in [0.15, 0.2) is 5.78 Å². The summed E-state index contributed by atoms with van der Waals surface area (Å²) in [6.45, 7) is 4.96. The lowest BCUT2D eigenvalue weighted by Gasteiger charge is -2.05. The molecule has 0 aliphatic heterocycles. The van der Waals surface area contributed by atoms with Crippen LogP contribution in [-0.4, -0.2) is 15.6 Å². The Kier molecular flexibility index (Phi) is 4.50. The molecule has 2 rings (SSSR count). The average Bonchev–Trinajstić information content (AvgIpc) is 2.86. The number of Topliss-reactive ketones (excluding diaryl/α,β-unsaturated/α-hetero) is 1. The zero-order valence-electron chi connectivity index (χ0n) is 11.6. The average molecular weight is 256 g/mol. The van der Waals surface area contributed by atoms with Gasteiger partial charge >= 0.3 is 0 Å². The zero-order valence-corrected chi connectivity index (χ0v) is 11.6. The number of hydrogen-bond donors (Lipinski definition) is 0. The van der Waals surface area contributed by atoms with Gasteiger partial charge in [-0.1, -0.05) is 36.8 Å². The molecule has 0 aliphatic carbocycles. The number of benzene rings is 1. The maximum atomic E-state index is 12.2. The molecule has 1 aromatic carbocycles. The summed E-state index contributed by atoms with van der Waals surface area (Å²) in [5.74, 6) is 0.173. The van der Waals surface area contributed by atoms with Gasteiger partial charge in [-0.3, -0.25) is 9.48 Å². The Morgan fingerprint density at radius 2 is 1.95 bits per heavy atom. The van der Waals surface area contributed by atoms with Gasteiger partial charge in [-0.05, 0) is 31.4 Å². The van der Waals surface area contributed by atoms with Gasteiger partial charge in [-0.25, -0.2) is 0 Å². The van der Waals surface area contributed by atoms with E-state index in [1.54, 1.807) is 10.9 Å². The van der Waals surface area contributed by atoms with Crippen molar-refractivity contribution < 1.29 is 4.79 Å². The third kappa shape index (κ3) is 3.53. The molecule has 0 amide bonds. The molecular weight excluding hydrogens is 236 g/mol. The first-order valence-corrected chi connectivity index (χ1v) is 6.81. The van der Waals surface area contributed by atoms with E-state index in [0.29, 0.717) is 6.42 Å². The molecule has 0 N–H and O–H groups in total. The topological polar surface area (TPSA) is 34.9 Å². The molecule has 1 heterocycles.